The van der Waals surface area contributed by atoms with Gasteiger partial charge >= 0.3 is 5.97 Å². The van der Waals surface area contributed by atoms with Crippen LogP contribution in [0.4, 0.5) is 5.69 Å². The van der Waals surface area contributed by atoms with Gasteiger partial charge < -0.3 is 14.8 Å². The number of carbonyl (C=O) groups excluding carboxylic acids is 3. The molecule has 1 N–H and O–H groups in total. The number of nitrogens with one attached hydrogen (secondary N) is 1. The molecule has 1 heterocycles. The van der Waals surface area contributed by atoms with Crippen molar-refractivity contribution in [1.82, 2.24) is 4.98 Å². The van der Waals surface area contributed by atoms with Gasteiger partial charge in [-0.15, -0.1) is 0 Å². The van der Waals surface area contributed by atoms with E-state index in [1.807, 2.05) is 72.8 Å². The number of ether oxygens (including phenoxy) is 2. The number of para-hydroxylation sites is 1. The van der Waals surface area contributed by atoms with Crippen LogP contribution >= 0.6 is 0 Å². The number of carbonyl (C=O) groups is 3. The summed E-state index contributed by atoms with van der Waals surface area (Å²) in [6.07, 6.45) is 0. The second kappa shape index (κ2) is 12.0. The molecule has 0 aliphatic carbocycles. The van der Waals surface area contributed by atoms with Gasteiger partial charge in [-0.1, -0.05) is 48.5 Å². The van der Waals surface area contributed by atoms with E-state index in [-0.39, 0.29) is 5.78 Å². The number of anilines is 1. The topological polar surface area (TPSA) is 94.6 Å². The number of Topliss-reactive ketones (excluding diaryl/α,β-unsaturated/α-hetero) is 1. The van der Waals surface area contributed by atoms with Crippen LogP contribution in [0.3, 0.4) is 0 Å². The second-order valence-electron chi connectivity index (χ2n) is 9.13. The first-order valence-electron chi connectivity index (χ1n) is 12.7. The fourth-order valence-corrected chi connectivity index (χ4v) is 4.15. The Kier molecular flexibility index (Phi) is 7.92. The second-order valence-corrected chi connectivity index (χ2v) is 9.13. The summed E-state index contributed by atoms with van der Waals surface area (Å²) in [6, 6.07) is 32.8. The van der Waals surface area contributed by atoms with Gasteiger partial charge in [0.15, 0.2) is 12.4 Å². The maximum atomic E-state index is 13.1. The number of nitrogens with zero attached hydrogens (tertiary/aromatic N) is 1. The summed E-state index contributed by atoms with van der Waals surface area (Å²) >= 11 is 0. The molecule has 1 aromatic heterocycles. The molecule has 0 spiro atoms. The summed E-state index contributed by atoms with van der Waals surface area (Å²) in [7, 11) is 0. The number of benzene rings is 4. The summed E-state index contributed by atoms with van der Waals surface area (Å²) in [5.74, 6) is -0.476. The Labute approximate surface area is 231 Å². The minimum atomic E-state index is -0.634. The highest BCUT2D eigenvalue weighted by atomic mass is 16.5. The number of hydrogen-bond acceptors (Lipinski definition) is 6. The first kappa shape index (κ1) is 26.3. The van der Waals surface area contributed by atoms with Crippen molar-refractivity contribution in [2.45, 2.75) is 13.5 Å². The molecular formula is C33H26N2O5. The van der Waals surface area contributed by atoms with E-state index in [1.165, 1.54) is 6.92 Å². The van der Waals surface area contributed by atoms with Crippen LogP contribution in [0.5, 0.6) is 5.75 Å². The lowest BCUT2D eigenvalue weighted by molar-refractivity contribution is -0.119. The number of esters is 1. The predicted octanol–water partition coefficient (Wildman–Crippen LogP) is 6.48. The van der Waals surface area contributed by atoms with Crippen molar-refractivity contribution in [3.63, 3.8) is 0 Å². The van der Waals surface area contributed by atoms with Gasteiger partial charge in [0.05, 0.1) is 16.8 Å². The molecular weight excluding hydrogens is 504 g/mol. The van der Waals surface area contributed by atoms with E-state index in [4.69, 9.17) is 14.5 Å². The zero-order valence-corrected chi connectivity index (χ0v) is 21.8. The molecule has 5 aromatic rings. The average molecular weight is 531 g/mol. The van der Waals surface area contributed by atoms with Crippen LogP contribution in [-0.2, 0) is 16.1 Å². The largest absolute Gasteiger partial charge is 0.489 e. The van der Waals surface area contributed by atoms with E-state index in [1.54, 1.807) is 36.4 Å². The molecule has 40 heavy (non-hydrogen) atoms. The number of fused-ring (bicyclic) bond motifs is 1. The molecule has 0 saturated carbocycles. The molecule has 0 radical (unpaired) electrons. The maximum absolute atomic E-state index is 13.1. The Hall–Kier alpha value is -5.30. The normalized spacial score (nSPS) is 10.6. The molecule has 0 atom stereocenters. The van der Waals surface area contributed by atoms with Crippen LogP contribution in [0.15, 0.2) is 109 Å². The van der Waals surface area contributed by atoms with Crippen LogP contribution in [0.1, 0.15) is 33.2 Å². The number of amides is 1. The highest BCUT2D eigenvalue weighted by molar-refractivity contribution is 6.05. The molecule has 0 aliphatic heterocycles. The third-order valence-corrected chi connectivity index (χ3v) is 6.24. The zero-order chi connectivity index (χ0) is 27.9. The summed E-state index contributed by atoms with van der Waals surface area (Å²) in [5.41, 5.74) is 4.45. The van der Waals surface area contributed by atoms with Crippen LogP contribution in [-0.4, -0.2) is 29.3 Å². The fourth-order valence-electron chi connectivity index (χ4n) is 4.15. The number of rotatable bonds is 9. The number of pyridine rings is 1. The Bertz CT molecular complexity index is 1660. The smallest absolute Gasteiger partial charge is 0.339 e. The first-order valence-corrected chi connectivity index (χ1v) is 12.7. The van der Waals surface area contributed by atoms with E-state index >= 15 is 0 Å². The quantitative estimate of drug-likeness (QED) is 0.173. The minimum Gasteiger partial charge on any atom is -0.489 e. The molecule has 5 rings (SSSR count). The van der Waals surface area contributed by atoms with Crippen LogP contribution < -0.4 is 10.1 Å². The third-order valence-electron chi connectivity index (χ3n) is 6.24. The summed E-state index contributed by atoms with van der Waals surface area (Å²) in [5, 5.41) is 3.29. The lowest BCUT2D eigenvalue weighted by atomic mass is 10.0. The van der Waals surface area contributed by atoms with Gasteiger partial charge in [0.25, 0.3) is 5.91 Å². The molecule has 0 fully saturated rings. The SMILES string of the molecule is CC(=O)c1ccc(NC(=O)COC(=O)c2cc(-c3ccc(OCc4ccccc4)cc3)nc3ccccc23)cc1. The van der Waals surface area contributed by atoms with Gasteiger partial charge in [-0.25, -0.2) is 9.78 Å². The maximum Gasteiger partial charge on any atom is 0.339 e. The molecule has 0 unspecified atom stereocenters. The van der Waals surface area contributed by atoms with Crippen molar-refractivity contribution in [1.29, 1.82) is 0 Å². The average Bonchev–Trinajstić information content (AvgIpc) is 2.99. The van der Waals surface area contributed by atoms with Gasteiger partial charge in [0, 0.05) is 22.2 Å². The Morgan fingerprint density at radius 2 is 1.50 bits per heavy atom. The highest BCUT2D eigenvalue weighted by Crippen LogP contribution is 2.27. The number of ketones is 1. The molecule has 0 aliphatic rings. The van der Waals surface area contributed by atoms with Crippen molar-refractivity contribution in [3.8, 4) is 17.0 Å². The van der Waals surface area contributed by atoms with E-state index in [9.17, 15) is 14.4 Å². The van der Waals surface area contributed by atoms with Crippen molar-refractivity contribution >= 4 is 34.3 Å². The van der Waals surface area contributed by atoms with E-state index in [2.05, 4.69) is 5.32 Å². The molecule has 7 nitrogen and oxygen atoms in total. The van der Waals surface area contributed by atoms with Crippen molar-refractivity contribution < 1.29 is 23.9 Å². The summed E-state index contributed by atoms with van der Waals surface area (Å²) < 4.78 is 11.2. The molecule has 1 amide bonds. The zero-order valence-electron chi connectivity index (χ0n) is 21.8. The first-order chi connectivity index (χ1) is 19.5. The van der Waals surface area contributed by atoms with Gasteiger partial charge in [0.2, 0.25) is 0 Å². The van der Waals surface area contributed by atoms with Crippen LogP contribution in [0, 0.1) is 0 Å². The van der Waals surface area contributed by atoms with Gasteiger partial charge in [-0.3, -0.25) is 9.59 Å². The predicted molar refractivity (Wildman–Crippen MR) is 153 cm³/mol. The Morgan fingerprint density at radius 3 is 2.23 bits per heavy atom. The van der Waals surface area contributed by atoms with E-state index in [0.29, 0.717) is 40.0 Å². The van der Waals surface area contributed by atoms with Crippen LogP contribution in [0.2, 0.25) is 0 Å². The van der Waals surface area contributed by atoms with Gasteiger partial charge in [0.1, 0.15) is 12.4 Å². The summed E-state index contributed by atoms with van der Waals surface area (Å²) in [4.78, 5) is 41.7. The minimum absolute atomic E-state index is 0.0666. The van der Waals surface area contributed by atoms with Crippen molar-refractivity contribution in [2.24, 2.45) is 0 Å². The summed E-state index contributed by atoms with van der Waals surface area (Å²) in [6.45, 7) is 1.46. The van der Waals surface area contributed by atoms with Gasteiger partial charge in [-0.2, -0.15) is 0 Å². The lowest BCUT2D eigenvalue weighted by Crippen LogP contribution is -2.21. The number of aromatic nitrogens is 1. The van der Waals surface area contributed by atoms with Crippen molar-refractivity contribution in [2.75, 3.05) is 11.9 Å². The molecule has 4 aromatic carbocycles. The van der Waals surface area contributed by atoms with Crippen LogP contribution in [0.25, 0.3) is 22.2 Å². The lowest BCUT2D eigenvalue weighted by Gasteiger charge is -2.11. The highest BCUT2D eigenvalue weighted by Gasteiger charge is 2.17. The molecule has 0 bridgehead atoms. The molecule has 0 saturated heterocycles. The monoisotopic (exact) mass is 530 g/mol. The standard InChI is InChI=1S/C33H26N2O5/c1-22(36)24-11-15-26(16-12-24)34-32(37)21-40-33(38)29-19-31(35-30-10-6-5-9-28(29)30)25-13-17-27(18-14-25)39-20-23-7-3-2-4-8-23/h2-19H,20-21H2,1H3,(H,34,37). The molecule has 7 heteroatoms. The van der Waals surface area contributed by atoms with Gasteiger partial charge in [-0.05, 0) is 73.2 Å². The fraction of sp³-hybridized carbons (Fsp3) is 0.0909. The van der Waals surface area contributed by atoms with E-state index in [0.717, 1.165) is 16.9 Å². The van der Waals surface area contributed by atoms with Crippen molar-refractivity contribution in [3.05, 3.63) is 126 Å². The number of hydrogen-bond donors (Lipinski definition) is 1. The Balaban J connectivity index is 1.29. The Morgan fingerprint density at radius 1 is 0.800 bits per heavy atom. The van der Waals surface area contributed by atoms with E-state index < -0.39 is 18.5 Å². The molecule has 198 valence electrons. The third kappa shape index (κ3) is 6.39.